The Morgan fingerprint density at radius 3 is 2.61 bits per heavy atom. The lowest BCUT2D eigenvalue weighted by Crippen LogP contribution is -2.27. The Balaban J connectivity index is 1.81. The van der Waals surface area contributed by atoms with Crippen LogP contribution < -0.4 is 5.32 Å². The molecule has 1 N–H and O–H groups in total. The fraction of sp³-hybridized carbons (Fsp3) is 0.130. The molecule has 2 aromatic carbocycles. The normalized spacial score (nSPS) is 12.1. The number of rotatable bonds is 4. The van der Waals surface area contributed by atoms with Crippen molar-refractivity contribution in [3.63, 3.8) is 0 Å². The lowest BCUT2D eigenvalue weighted by Gasteiger charge is -2.16. The molecule has 1 unspecified atom stereocenters. The topological polar surface area (TPSA) is 42.0 Å². The smallest absolute Gasteiger partial charge is 0.252 e. The average Bonchev–Trinajstić information content (AvgIpc) is 3.25. The molecule has 2 heterocycles. The van der Waals surface area contributed by atoms with Crippen molar-refractivity contribution in [2.75, 3.05) is 0 Å². The number of nitrogens with one attached hydrogen (secondary N) is 1. The van der Waals surface area contributed by atoms with E-state index in [1.165, 1.54) is 0 Å². The van der Waals surface area contributed by atoms with Crippen molar-refractivity contribution in [3.8, 4) is 10.6 Å². The molecule has 0 radical (unpaired) electrons. The van der Waals surface area contributed by atoms with Crippen LogP contribution in [0, 0.1) is 6.92 Å². The first-order chi connectivity index (χ1) is 13.5. The van der Waals surface area contributed by atoms with Gasteiger partial charge in [0.15, 0.2) is 0 Å². The zero-order valence-corrected chi connectivity index (χ0v) is 17.1. The zero-order valence-electron chi connectivity index (χ0n) is 15.6. The number of thiophene rings is 1. The number of hydrogen-bond acceptors (Lipinski definition) is 3. The summed E-state index contributed by atoms with van der Waals surface area (Å²) in [7, 11) is 0. The van der Waals surface area contributed by atoms with Gasteiger partial charge in [-0.05, 0) is 48.6 Å². The van der Waals surface area contributed by atoms with Gasteiger partial charge in [-0.15, -0.1) is 11.3 Å². The second-order valence-electron chi connectivity index (χ2n) is 6.71. The summed E-state index contributed by atoms with van der Waals surface area (Å²) >= 11 is 7.92. The third-order valence-corrected chi connectivity index (χ3v) is 6.14. The quantitative estimate of drug-likeness (QED) is 0.425. The molecule has 4 aromatic rings. The predicted octanol–water partition coefficient (Wildman–Crippen LogP) is 6.42. The molecule has 28 heavy (non-hydrogen) atoms. The van der Waals surface area contributed by atoms with E-state index in [2.05, 4.69) is 5.32 Å². The largest absolute Gasteiger partial charge is 0.345 e. The van der Waals surface area contributed by atoms with Gasteiger partial charge in [0.2, 0.25) is 0 Å². The van der Waals surface area contributed by atoms with Crippen LogP contribution in [0.2, 0.25) is 5.02 Å². The molecule has 0 fully saturated rings. The maximum atomic E-state index is 13.2. The number of carbonyl (C=O) groups excluding carboxylic acids is 1. The Morgan fingerprint density at radius 1 is 1.11 bits per heavy atom. The minimum absolute atomic E-state index is 0.101. The lowest BCUT2D eigenvalue weighted by molar-refractivity contribution is 0.0941. The highest BCUT2D eigenvalue weighted by atomic mass is 35.5. The van der Waals surface area contributed by atoms with E-state index in [4.69, 9.17) is 16.6 Å². The van der Waals surface area contributed by atoms with Gasteiger partial charge in [-0.3, -0.25) is 4.79 Å². The first-order valence-corrected chi connectivity index (χ1v) is 10.3. The molecule has 0 saturated carbocycles. The van der Waals surface area contributed by atoms with E-state index >= 15 is 0 Å². The Labute approximate surface area is 173 Å². The third-order valence-electron chi connectivity index (χ3n) is 4.83. The van der Waals surface area contributed by atoms with E-state index < -0.39 is 0 Å². The Kier molecular flexibility index (Phi) is 5.16. The predicted molar refractivity (Wildman–Crippen MR) is 117 cm³/mol. The van der Waals surface area contributed by atoms with Gasteiger partial charge in [-0.25, -0.2) is 4.98 Å². The standard InChI is InChI=1S/C23H19ClN2OS/c1-14-19(24)11-10-17-18(13-20(26-22(14)17)21-9-6-12-28-21)23(27)25-15(2)16-7-4-3-5-8-16/h3-13,15H,1-2H3,(H,25,27). The molecule has 2 aromatic heterocycles. The SMILES string of the molecule is Cc1c(Cl)ccc2c(C(=O)NC(C)c3ccccc3)cc(-c3cccs3)nc12. The Bertz CT molecular complexity index is 1140. The van der Waals surface area contributed by atoms with E-state index in [1.807, 2.05) is 79.9 Å². The van der Waals surface area contributed by atoms with Crippen LogP contribution in [0.4, 0.5) is 0 Å². The molecular weight excluding hydrogens is 388 g/mol. The molecule has 1 atom stereocenters. The van der Waals surface area contributed by atoms with Gasteiger partial charge in [0, 0.05) is 10.4 Å². The third kappa shape index (κ3) is 3.53. The summed E-state index contributed by atoms with van der Waals surface area (Å²) in [6, 6.07) is 19.4. The summed E-state index contributed by atoms with van der Waals surface area (Å²) in [5.74, 6) is -0.122. The van der Waals surface area contributed by atoms with E-state index in [-0.39, 0.29) is 11.9 Å². The average molecular weight is 407 g/mol. The number of aryl methyl sites for hydroxylation is 1. The van der Waals surface area contributed by atoms with E-state index in [0.717, 1.165) is 32.6 Å². The number of pyridine rings is 1. The number of aromatic nitrogens is 1. The van der Waals surface area contributed by atoms with Crippen molar-refractivity contribution >= 4 is 39.7 Å². The van der Waals surface area contributed by atoms with Crippen LogP contribution in [0.25, 0.3) is 21.5 Å². The van der Waals surface area contributed by atoms with Crippen LogP contribution in [0.15, 0.2) is 66.0 Å². The van der Waals surface area contributed by atoms with Gasteiger partial charge in [0.25, 0.3) is 5.91 Å². The van der Waals surface area contributed by atoms with Crippen LogP contribution in [0.5, 0.6) is 0 Å². The molecule has 0 aliphatic heterocycles. The van der Waals surface area contributed by atoms with Crippen LogP contribution in [-0.4, -0.2) is 10.9 Å². The second kappa shape index (κ2) is 7.74. The Hall–Kier alpha value is -2.69. The molecule has 0 saturated heterocycles. The van der Waals surface area contributed by atoms with Gasteiger partial charge in [0.1, 0.15) is 0 Å². The van der Waals surface area contributed by atoms with Gasteiger partial charge < -0.3 is 5.32 Å². The number of fused-ring (bicyclic) bond motifs is 1. The fourth-order valence-corrected chi connectivity index (χ4v) is 4.08. The van der Waals surface area contributed by atoms with Gasteiger partial charge >= 0.3 is 0 Å². The molecule has 0 spiro atoms. The number of halogens is 1. The molecule has 0 bridgehead atoms. The van der Waals surface area contributed by atoms with Crippen LogP contribution in [0.3, 0.4) is 0 Å². The van der Waals surface area contributed by atoms with E-state index in [9.17, 15) is 4.79 Å². The van der Waals surface area contributed by atoms with Crippen molar-refractivity contribution in [3.05, 3.63) is 87.8 Å². The van der Waals surface area contributed by atoms with E-state index in [1.54, 1.807) is 11.3 Å². The maximum absolute atomic E-state index is 13.2. The molecule has 3 nitrogen and oxygen atoms in total. The van der Waals surface area contributed by atoms with Gasteiger partial charge in [0.05, 0.1) is 27.7 Å². The molecule has 1 amide bonds. The summed E-state index contributed by atoms with van der Waals surface area (Å²) in [6.07, 6.45) is 0. The second-order valence-corrected chi connectivity index (χ2v) is 8.06. The molecule has 0 aliphatic rings. The van der Waals surface area contributed by atoms with Crippen molar-refractivity contribution in [1.82, 2.24) is 10.3 Å². The number of hydrogen-bond donors (Lipinski definition) is 1. The molecule has 0 aliphatic carbocycles. The minimum Gasteiger partial charge on any atom is -0.345 e. The summed E-state index contributed by atoms with van der Waals surface area (Å²) in [5, 5.41) is 6.57. The monoisotopic (exact) mass is 406 g/mol. The van der Waals surface area contributed by atoms with E-state index in [0.29, 0.717) is 10.6 Å². The van der Waals surface area contributed by atoms with Crippen molar-refractivity contribution in [1.29, 1.82) is 0 Å². The molecule has 5 heteroatoms. The lowest BCUT2D eigenvalue weighted by atomic mass is 10.0. The van der Waals surface area contributed by atoms with Crippen molar-refractivity contribution in [2.45, 2.75) is 19.9 Å². The highest BCUT2D eigenvalue weighted by Gasteiger charge is 2.18. The number of benzene rings is 2. The summed E-state index contributed by atoms with van der Waals surface area (Å²) in [4.78, 5) is 19.0. The highest BCUT2D eigenvalue weighted by Crippen LogP contribution is 2.32. The van der Waals surface area contributed by atoms with Crippen LogP contribution >= 0.6 is 22.9 Å². The number of carbonyl (C=O) groups is 1. The summed E-state index contributed by atoms with van der Waals surface area (Å²) < 4.78 is 0. The molecule has 4 rings (SSSR count). The minimum atomic E-state index is -0.122. The first-order valence-electron chi connectivity index (χ1n) is 9.04. The van der Waals surface area contributed by atoms with Crippen LogP contribution in [-0.2, 0) is 0 Å². The van der Waals surface area contributed by atoms with Crippen molar-refractivity contribution in [2.24, 2.45) is 0 Å². The summed E-state index contributed by atoms with van der Waals surface area (Å²) in [6.45, 7) is 3.92. The number of nitrogens with zero attached hydrogens (tertiary/aromatic N) is 1. The highest BCUT2D eigenvalue weighted by molar-refractivity contribution is 7.13. The van der Waals surface area contributed by atoms with Gasteiger partial charge in [-0.1, -0.05) is 54.1 Å². The van der Waals surface area contributed by atoms with Crippen molar-refractivity contribution < 1.29 is 4.79 Å². The van der Waals surface area contributed by atoms with Crippen LogP contribution in [0.1, 0.15) is 34.5 Å². The summed E-state index contributed by atoms with van der Waals surface area (Å²) in [5.41, 5.74) is 4.09. The molecule has 140 valence electrons. The van der Waals surface area contributed by atoms with Gasteiger partial charge in [-0.2, -0.15) is 0 Å². The Morgan fingerprint density at radius 2 is 1.89 bits per heavy atom. The fourth-order valence-electron chi connectivity index (χ4n) is 3.24. The zero-order chi connectivity index (χ0) is 19.7. The molecular formula is C23H19ClN2OS. The number of amides is 1. The first kappa shape index (κ1) is 18.7. The maximum Gasteiger partial charge on any atom is 0.252 e.